The van der Waals surface area contributed by atoms with Gasteiger partial charge in [-0.25, -0.2) is 0 Å². The van der Waals surface area contributed by atoms with E-state index in [1.165, 1.54) is 0 Å². The van der Waals surface area contributed by atoms with Gasteiger partial charge in [0.25, 0.3) is 0 Å². The lowest BCUT2D eigenvalue weighted by Crippen LogP contribution is -2.17. The summed E-state index contributed by atoms with van der Waals surface area (Å²) in [6.07, 6.45) is 0.544. The maximum Gasteiger partial charge on any atom is 0.131 e. The van der Waals surface area contributed by atoms with Crippen LogP contribution < -0.4 is 5.32 Å². The zero-order valence-electron chi connectivity index (χ0n) is 8.38. The molecule has 0 aromatic heterocycles. The minimum Gasteiger partial charge on any atom is -0.382 e. The van der Waals surface area contributed by atoms with E-state index in [1.54, 1.807) is 6.92 Å². The maximum atomic E-state index is 10.8. The van der Waals surface area contributed by atoms with Crippen molar-refractivity contribution in [1.29, 1.82) is 0 Å². The van der Waals surface area contributed by atoms with Crippen LogP contribution in [0.25, 0.3) is 0 Å². The molecule has 0 aliphatic heterocycles. The van der Waals surface area contributed by atoms with Crippen molar-refractivity contribution >= 4 is 23.1 Å². The summed E-state index contributed by atoms with van der Waals surface area (Å²) in [5.41, 5.74) is 0.989. The number of anilines is 1. The molecule has 0 saturated heterocycles. The van der Waals surface area contributed by atoms with E-state index >= 15 is 0 Å². The van der Waals surface area contributed by atoms with Crippen molar-refractivity contribution in [2.45, 2.75) is 26.3 Å². The lowest BCUT2D eigenvalue weighted by atomic mass is 10.1. The van der Waals surface area contributed by atoms with Crippen LogP contribution in [0.3, 0.4) is 0 Å². The predicted octanol–water partition coefficient (Wildman–Crippen LogP) is 3.12. The van der Waals surface area contributed by atoms with E-state index in [0.717, 1.165) is 10.7 Å². The number of rotatable bonds is 4. The summed E-state index contributed by atoms with van der Waals surface area (Å²) in [5.74, 6) is 0.193. The zero-order valence-corrected chi connectivity index (χ0v) is 9.14. The van der Waals surface area contributed by atoms with Crippen LogP contribution in [-0.2, 0) is 4.79 Å². The summed E-state index contributed by atoms with van der Waals surface area (Å²) in [6, 6.07) is 7.61. The summed E-state index contributed by atoms with van der Waals surface area (Å²) < 4.78 is 0. The SMILES string of the molecule is CC(=O)CC(C)Nc1ccc(Cl)cc1. The van der Waals surface area contributed by atoms with E-state index in [0.29, 0.717) is 6.42 Å². The molecule has 0 saturated carbocycles. The molecular formula is C11H14ClNO. The summed E-state index contributed by atoms with van der Waals surface area (Å²) in [5, 5.41) is 3.94. The van der Waals surface area contributed by atoms with E-state index in [9.17, 15) is 4.79 Å². The van der Waals surface area contributed by atoms with Gasteiger partial charge in [0.1, 0.15) is 5.78 Å². The molecule has 1 aromatic rings. The average Bonchev–Trinajstić information content (AvgIpc) is 2.07. The van der Waals surface area contributed by atoms with Gasteiger partial charge in [-0.1, -0.05) is 11.6 Å². The number of carbonyl (C=O) groups is 1. The molecule has 1 N–H and O–H groups in total. The Kier molecular flexibility index (Phi) is 3.96. The molecule has 0 fully saturated rings. The first-order chi connectivity index (χ1) is 6.58. The lowest BCUT2D eigenvalue weighted by molar-refractivity contribution is -0.117. The molecule has 1 aromatic carbocycles. The van der Waals surface area contributed by atoms with Crippen molar-refractivity contribution in [2.75, 3.05) is 5.32 Å². The van der Waals surface area contributed by atoms with Crippen LogP contribution in [0, 0.1) is 0 Å². The molecule has 14 heavy (non-hydrogen) atoms. The van der Waals surface area contributed by atoms with Gasteiger partial charge in [-0.3, -0.25) is 4.79 Å². The third-order valence-corrected chi connectivity index (χ3v) is 2.10. The normalized spacial score (nSPS) is 12.2. The first-order valence-corrected chi connectivity index (χ1v) is 4.97. The number of benzene rings is 1. The Bertz CT molecular complexity index is 308. The Hall–Kier alpha value is -1.02. The van der Waals surface area contributed by atoms with Crippen LogP contribution in [0.4, 0.5) is 5.69 Å². The lowest BCUT2D eigenvalue weighted by Gasteiger charge is -2.13. The third kappa shape index (κ3) is 3.79. The second-order valence-electron chi connectivity index (χ2n) is 3.46. The van der Waals surface area contributed by atoms with Crippen LogP contribution in [0.1, 0.15) is 20.3 Å². The fraction of sp³-hybridized carbons (Fsp3) is 0.364. The quantitative estimate of drug-likeness (QED) is 0.829. The molecule has 1 atom stereocenters. The fourth-order valence-corrected chi connectivity index (χ4v) is 1.44. The minimum atomic E-state index is 0.161. The molecule has 76 valence electrons. The topological polar surface area (TPSA) is 29.1 Å². The molecule has 1 rings (SSSR count). The van der Waals surface area contributed by atoms with Crippen LogP contribution in [0.2, 0.25) is 5.02 Å². The number of carbonyl (C=O) groups excluding carboxylic acids is 1. The smallest absolute Gasteiger partial charge is 0.131 e. The Morgan fingerprint density at radius 2 is 2.00 bits per heavy atom. The van der Waals surface area contributed by atoms with Crippen molar-refractivity contribution in [3.8, 4) is 0 Å². The zero-order chi connectivity index (χ0) is 10.6. The number of halogens is 1. The minimum absolute atomic E-state index is 0.161. The average molecular weight is 212 g/mol. The highest BCUT2D eigenvalue weighted by atomic mass is 35.5. The fourth-order valence-electron chi connectivity index (χ4n) is 1.31. The van der Waals surface area contributed by atoms with Gasteiger partial charge in [0.15, 0.2) is 0 Å². The Morgan fingerprint density at radius 3 is 2.50 bits per heavy atom. The summed E-state index contributed by atoms with van der Waals surface area (Å²) in [4.78, 5) is 10.8. The largest absolute Gasteiger partial charge is 0.382 e. The molecule has 0 aliphatic rings. The second-order valence-corrected chi connectivity index (χ2v) is 3.89. The first kappa shape index (κ1) is 11.1. The third-order valence-electron chi connectivity index (χ3n) is 1.85. The Morgan fingerprint density at radius 1 is 1.43 bits per heavy atom. The summed E-state index contributed by atoms with van der Waals surface area (Å²) >= 11 is 5.75. The molecule has 1 unspecified atom stereocenters. The van der Waals surface area contributed by atoms with Crippen LogP contribution >= 0.6 is 11.6 Å². The summed E-state index contributed by atoms with van der Waals surface area (Å²) in [6.45, 7) is 3.58. The van der Waals surface area contributed by atoms with Gasteiger partial charge in [0.05, 0.1) is 0 Å². The Labute approximate surface area is 89.3 Å². The molecule has 0 radical (unpaired) electrons. The highest BCUT2D eigenvalue weighted by Crippen LogP contribution is 2.14. The highest BCUT2D eigenvalue weighted by Gasteiger charge is 2.04. The van der Waals surface area contributed by atoms with Gasteiger partial charge in [0, 0.05) is 23.2 Å². The molecule has 0 amide bonds. The monoisotopic (exact) mass is 211 g/mol. The first-order valence-electron chi connectivity index (χ1n) is 4.59. The van der Waals surface area contributed by atoms with Crippen molar-refractivity contribution in [3.63, 3.8) is 0 Å². The van der Waals surface area contributed by atoms with Crippen molar-refractivity contribution < 1.29 is 4.79 Å². The van der Waals surface area contributed by atoms with Crippen LogP contribution in [-0.4, -0.2) is 11.8 Å². The van der Waals surface area contributed by atoms with E-state index in [2.05, 4.69) is 5.32 Å². The second kappa shape index (κ2) is 5.01. The Balaban J connectivity index is 2.51. The number of Topliss-reactive ketones (excluding diaryl/α,β-unsaturated/α-hetero) is 1. The van der Waals surface area contributed by atoms with Gasteiger partial charge in [-0.15, -0.1) is 0 Å². The molecule has 0 aliphatic carbocycles. The maximum absolute atomic E-state index is 10.8. The predicted molar refractivity (Wildman–Crippen MR) is 59.8 cm³/mol. The van der Waals surface area contributed by atoms with E-state index in [4.69, 9.17) is 11.6 Å². The number of ketones is 1. The molecule has 2 nitrogen and oxygen atoms in total. The highest BCUT2D eigenvalue weighted by molar-refractivity contribution is 6.30. The van der Waals surface area contributed by atoms with Crippen molar-refractivity contribution in [3.05, 3.63) is 29.3 Å². The van der Waals surface area contributed by atoms with Gasteiger partial charge in [0.2, 0.25) is 0 Å². The van der Waals surface area contributed by atoms with Gasteiger partial charge in [-0.2, -0.15) is 0 Å². The summed E-state index contributed by atoms with van der Waals surface area (Å²) in [7, 11) is 0. The van der Waals surface area contributed by atoms with Gasteiger partial charge in [-0.05, 0) is 38.1 Å². The van der Waals surface area contributed by atoms with Gasteiger partial charge < -0.3 is 5.32 Å². The van der Waals surface area contributed by atoms with E-state index in [-0.39, 0.29) is 11.8 Å². The number of hydrogen-bond acceptors (Lipinski definition) is 2. The van der Waals surface area contributed by atoms with Crippen LogP contribution in [0.15, 0.2) is 24.3 Å². The van der Waals surface area contributed by atoms with E-state index in [1.807, 2.05) is 31.2 Å². The number of hydrogen-bond donors (Lipinski definition) is 1. The molecule has 3 heteroatoms. The molecule has 0 bridgehead atoms. The van der Waals surface area contributed by atoms with E-state index < -0.39 is 0 Å². The number of nitrogens with one attached hydrogen (secondary N) is 1. The molecule has 0 spiro atoms. The van der Waals surface area contributed by atoms with Gasteiger partial charge >= 0.3 is 0 Å². The molecular weight excluding hydrogens is 198 g/mol. The van der Waals surface area contributed by atoms with Crippen LogP contribution in [0.5, 0.6) is 0 Å². The standard InChI is InChI=1S/C11H14ClNO/c1-8(7-9(2)14)13-11-5-3-10(12)4-6-11/h3-6,8,13H,7H2,1-2H3. The van der Waals surface area contributed by atoms with Crippen molar-refractivity contribution in [1.82, 2.24) is 0 Å². The molecule has 0 heterocycles. The van der Waals surface area contributed by atoms with Crippen molar-refractivity contribution in [2.24, 2.45) is 0 Å².